The summed E-state index contributed by atoms with van der Waals surface area (Å²) in [5.41, 5.74) is 0.519. The van der Waals surface area contributed by atoms with E-state index in [9.17, 15) is 4.79 Å². The van der Waals surface area contributed by atoms with E-state index in [1.54, 1.807) is 0 Å². The summed E-state index contributed by atoms with van der Waals surface area (Å²) in [5, 5.41) is 0. The van der Waals surface area contributed by atoms with Gasteiger partial charge in [-0.05, 0) is 37.0 Å². The highest BCUT2D eigenvalue weighted by Crippen LogP contribution is 2.58. The second kappa shape index (κ2) is 4.44. The Balaban J connectivity index is 1.27. The average molecular weight is 278 g/mol. The molecule has 2 spiro atoms. The average Bonchev–Trinajstić information content (AvgIpc) is 2.63. The molecule has 4 fully saturated rings. The van der Waals surface area contributed by atoms with Crippen LogP contribution in [0.2, 0.25) is 0 Å². The van der Waals surface area contributed by atoms with Gasteiger partial charge in [0.2, 0.25) is 0 Å². The number of carbonyl (C=O) groups excluding carboxylic acids is 1. The molecule has 4 rings (SSSR count). The zero-order valence-electron chi connectivity index (χ0n) is 12.6. The van der Waals surface area contributed by atoms with Gasteiger partial charge in [-0.15, -0.1) is 0 Å². The summed E-state index contributed by atoms with van der Waals surface area (Å²) >= 11 is 0. The quantitative estimate of drug-likeness (QED) is 0.773. The second-order valence-corrected chi connectivity index (χ2v) is 7.62. The van der Waals surface area contributed by atoms with Gasteiger partial charge >= 0.3 is 0 Å². The molecule has 2 saturated heterocycles. The highest BCUT2D eigenvalue weighted by atomic mass is 16.5. The summed E-state index contributed by atoms with van der Waals surface area (Å²) < 4.78 is 5.81. The predicted octanol–water partition coefficient (Wildman–Crippen LogP) is 1.85. The van der Waals surface area contributed by atoms with E-state index in [4.69, 9.17) is 4.74 Å². The Bertz CT molecular complexity index is 403. The maximum absolute atomic E-state index is 11.7. The zero-order chi connectivity index (χ0) is 13.8. The summed E-state index contributed by atoms with van der Waals surface area (Å²) in [5.74, 6) is 1.08. The third-order valence-electron chi connectivity index (χ3n) is 6.46. The van der Waals surface area contributed by atoms with Crippen LogP contribution in [0, 0.1) is 11.3 Å². The van der Waals surface area contributed by atoms with E-state index in [-0.39, 0.29) is 18.2 Å². The Hall–Kier alpha value is -0.610. The summed E-state index contributed by atoms with van der Waals surface area (Å²) in [4.78, 5) is 16.1. The predicted molar refractivity (Wildman–Crippen MR) is 76.1 cm³/mol. The van der Waals surface area contributed by atoms with Crippen molar-refractivity contribution in [2.45, 2.75) is 50.7 Å². The first kappa shape index (κ1) is 13.1. The Morgan fingerprint density at radius 3 is 2.40 bits per heavy atom. The van der Waals surface area contributed by atoms with Crippen LogP contribution < -0.4 is 0 Å². The molecule has 0 aromatic heterocycles. The minimum absolute atomic E-state index is 0.143. The van der Waals surface area contributed by atoms with Crippen molar-refractivity contribution in [1.82, 2.24) is 9.80 Å². The first-order valence-electron chi connectivity index (χ1n) is 8.24. The molecule has 112 valence electrons. The van der Waals surface area contributed by atoms with Crippen molar-refractivity contribution in [3.8, 4) is 0 Å². The van der Waals surface area contributed by atoms with E-state index in [1.165, 1.54) is 38.6 Å². The first-order chi connectivity index (χ1) is 9.61. The van der Waals surface area contributed by atoms with Crippen LogP contribution in [0.15, 0.2) is 0 Å². The highest BCUT2D eigenvalue weighted by Gasteiger charge is 2.50. The van der Waals surface area contributed by atoms with Gasteiger partial charge in [-0.3, -0.25) is 4.79 Å². The molecule has 0 atom stereocenters. The lowest BCUT2D eigenvalue weighted by Gasteiger charge is -2.55. The Morgan fingerprint density at radius 2 is 1.90 bits per heavy atom. The minimum Gasteiger partial charge on any atom is -0.346 e. The fourth-order valence-corrected chi connectivity index (χ4v) is 4.93. The number of rotatable bonds is 2. The molecule has 2 aliphatic heterocycles. The third kappa shape index (κ3) is 1.92. The van der Waals surface area contributed by atoms with Gasteiger partial charge in [0.05, 0.1) is 0 Å². The van der Waals surface area contributed by atoms with Crippen LogP contribution in [0.1, 0.15) is 44.9 Å². The number of likely N-dealkylation sites (N-methyl/N-ethyl adjacent to an activating group) is 1. The normalized spacial score (nSPS) is 32.6. The highest BCUT2D eigenvalue weighted by molar-refractivity contribution is 5.79. The van der Waals surface area contributed by atoms with Gasteiger partial charge in [-0.2, -0.15) is 0 Å². The zero-order valence-corrected chi connectivity index (χ0v) is 12.6. The third-order valence-corrected chi connectivity index (χ3v) is 6.46. The Morgan fingerprint density at radius 1 is 1.20 bits per heavy atom. The molecule has 0 unspecified atom stereocenters. The van der Waals surface area contributed by atoms with Crippen LogP contribution in [0.25, 0.3) is 0 Å². The number of hydrogen-bond acceptors (Lipinski definition) is 3. The first-order valence-corrected chi connectivity index (χ1v) is 8.24. The maximum atomic E-state index is 11.7. The molecule has 4 nitrogen and oxygen atoms in total. The largest absolute Gasteiger partial charge is 0.346 e. The number of nitrogens with zero attached hydrogens (tertiary/aromatic N) is 2. The van der Waals surface area contributed by atoms with Crippen molar-refractivity contribution in [2.75, 3.05) is 33.3 Å². The van der Waals surface area contributed by atoms with Crippen molar-refractivity contribution >= 4 is 5.91 Å². The second-order valence-electron chi connectivity index (χ2n) is 7.62. The smallest absolute Gasteiger partial charge is 0.250 e. The SMILES string of the molecule is CN1C(=O)COC12CCN(CC1CC3(CCC3)C1)CC2. The van der Waals surface area contributed by atoms with Crippen LogP contribution >= 0.6 is 0 Å². The molecule has 2 aliphatic carbocycles. The summed E-state index contributed by atoms with van der Waals surface area (Å²) in [6, 6.07) is 0. The molecule has 1 amide bonds. The maximum Gasteiger partial charge on any atom is 0.250 e. The fraction of sp³-hybridized carbons (Fsp3) is 0.938. The number of hydrogen-bond donors (Lipinski definition) is 0. The fourth-order valence-electron chi connectivity index (χ4n) is 4.93. The Labute approximate surface area is 121 Å². The Kier molecular flexibility index (Phi) is 2.90. The molecular formula is C16H26N2O2. The molecule has 0 bridgehead atoms. The molecule has 0 aromatic rings. The minimum atomic E-state index is -0.275. The number of piperidine rings is 1. The van der Waals surface area contributed by atoms with E-state index in [0.717, 1.165) is 37.3 Å². The summed E-state index contributed by atoms with van der Waals surface area (Å²) in [6.45, 7) is 3.72. The molecule has 0 aromatic carbocycles. The lowest BCUT2D eigenvalue weighted by atomic mass is 9.52. The van der Waals surface area contributed by atoms with Crippen LogP contribution in [0.3, 0.4) is 0 Å². The van der Waals surface area contributed by atoms with Gasteiger partial charge in [0, 0.05) is 39.5 Å². The molecule has 20 heavy (non-hydrogen) atoms. The standard InChI is InChI=1S/C16H26N2O2/c1-17-14(19)12-20-16(17)5-7-18(8-6-16)11-13-9-15(10-13)3-2-4-15/h13H,2-12H2,1H3. The molecule has 0 N–H and O–H groups in total. The van der Waals surface area contributed by atoms with E-state index in [2.05, 4.69) is 4.90 Å². The van der Waals surface area contributed by atoms with Gasteiger partial charge in [0.25, 0.3) is 5.91 Å². The molecule has 0 radical (unpaired) electrons. The summed E-state index contributed by atoms with van der Waals surface area (Å²) in [7, 11) is 1.90. The molecule has 4 heteroatoms. The van der Waals surface area contributed by atoms with Crippen LogP contribution in [0.5, 0.6) is 0 Å². The van der Waals surface area contributed by atoms with E-state index < -0.39 is 0 Å². The van der Waals surface area contributed by atoms with E-state index in [0.29, 0.717) is 0 Å². The molecule has 2 saturated carbocycles. The van der Waals surface area contributed by atoms with Crippen LogP contribution in [-0.2, 0) is 9.53 Å². The summed E-state index contributed by atoms with van der Waals surface area (Å²) in [6.07, 6.45) is 9.37. The number of likely N-dealkylation sites (tertiary alicyclic amines) is 1. The lowest BCUT2D eigenvalue weighted by molar-refractivity contribution is -0.137. The van der Waals surface area contributed by atoms with Gasteiger partial charge in [0.15, 0.2) is 0 Å². The van der Waals surface area contributed by atoms with Crippen molar-refractivity contribution in [3.05, 3.63) is 0 Å². The molecule has 4 aliphatic rings. The lowest BCUT2D eigenvalue weighted by Crippen LogP contribution is -2.54. The van der Waals surface area contributed by atoms with Crippen molar-refractivity contribution in [2.24, 2.45) is 11.3 Å². The number of ether oxygens (including phenoxy) is 1. The number of carbonyl (C=O) groups is 1. The molecule has 2 heterocycles. The van der Waals surface area contributed by atoms with Crippen LogP contribution in [-0.4, -0.2) is 54.7 Å². The van der Waals surface area contributed by atoms with Gasteiger partial charge < -0.3 is 14.5 Å². The van der Waals surface area contributed by atoms with Crippen LogP contribution in [0.4, 0.5) is 0 Å². The van der Waals surface area contributed by atoms with Gasteiger partial charge in [-0.25, -0.2) is 0 Å². The van der Waals surface area contributed by atoms with Gasteiger partial charge in [0.1, 0.15) is 12.3 Å². The van der Waals surface area contributed by atoms with E-state index >= 15 is 0 Å². The van der Waals surface area contributed by atoms with E-state index in [1.807, 2.05) is 11.9 Å². The topological polar surface area (TPSA) is 32.8 Å². The molecular weight excluding hydrogens is 252 g/mol. The number of amides is 1. The van der Waals surface area contributed by atoms with Crippen molar-refractivity contribution < 1.29 is 9.53 Å². The van der Waals surface area contributed by atoms with Gasteiger partial charge in [-0.1, -0.05) is 6.42 Å². The van der Waals surface area contributed by atoms with Crippen molar-refractivity contribution in [3.63, 3.8) is 0 Å². The monoisotopic (exact) mass is 278 g/mol. The van der Waals surface area contributed by atoms with Crippen molar-refractivity contribution in [1.29, 1.82) is 0 Å².